The molecule has 4 heteroatoms. The molecular weight excluding hydrogens is 210 g/mol. The minimum absolute atomic E-state index is 0.386. The summed E-state index contributed by atoms with van der Waals surface area (Å²) in [6.45, 7) is 3.68. The third kappa shape index (κ3) is 1.81. The zero-order valence-corrected chi connectivity index (χ0v) is 8.05. The molecule has 0 spiro atoms. The molecule has 0 aliphatic heterocycles. The molecule has 0 amide bonds. The second-order valence-electron chi connectivity index (χ2n) is 2.36. The smallest absolute Gasteiger partial charge is 0.224 e. The number of aliphatic hydroxyl groups is 1. The Morgan fingerprint density at radius 3 is 2.64 bits per heavy atom. The predicted octanol–water partition coefficient (Wildman–Crippen LogP) is 1.72. The van der Waals surface area contributed by atoms with Gasteiger partial charge in [-0.25, -0.2) is 4.98 Å². The molecule has 1 unspecified atom stereocenters. The van der Waals surface area contributed by atoms with Gasteiger partial charge in [0.05, 0.1) is 5.69 Å². The highest BCUT2D eigenvalue weighted by Gasteiger charge is 2.13. The topological polar surface area (TPSA) is 46.3 Å². The van der Waals surface area contributed by atoms with Crippen molar-refractivity contribution in [2.45, 2.75) is 20.0 Å². The van der Waals surface area contributed by atoms with E-state index in [4.69, 9.17) is 4.42 Å². The number of hydrogen-bond donors (Lipinski definition) is 1. The molecule has 1 rings (SSSR count). The van der Waals surface area contributed by atoms with Crippen molar-refractivity contribution in [2.24, 2.45) is 0 Å². The van der Waals surface area contributed by atoms with Crippen LogP contribution in [0.25, 0.3) is 0 Å². The monoisotopic (exact) mass is 219 g/mol. The Bertz CT molecular complexity index is 227. The molecule has 0 saturated heterocycles. The fourth-order valence-corrected chi connectivity index (χ4v) is 0.983. The molecular formula is C7H10BrNO2. The van der Waals surface area contributed by atoms with Gasteiger partial charge in [0.15, 0.2) is 0 Å². The van der Waals surface area contributed by atoms with Gasteiger partial charge >= 0.3 is 0 Å². The van der Waals surface area contributed by atoms with Crippen LogP contribution in [0.5, 0.6) is 0 Å². The Kier molecular flexibility index (Phi) is 2.67. The summed E-state index contributed by atoms with van der Waals surface area (Å²) in [6.07, 6.45) is -0.637. The molecule has 0 radical (unpaired) electrons. The van der Waals surface area contributed by atoms with Gasteiger partial charge in [-0.1, -0.05) is 15.9 Å². The number of aromatic nitrogens is 1. The molecule has 0 aliphatic rings. The van der Waals surface area contributed by atoms with Gasteiger partial charge in [-0.3, -0.25) is 0 Å². The molecule has 11 heavy (non-hydrogen) atoms. The summed E-state index contributed by atoms with van der Waals surface area (Å²) in [5.74, 6) is 1.15. The van der Waals surface area contributed by atoms with Crippen molar-refractivity contribution >= 4 is 15.9 Å². The lowest BCUT2D eigenvalue weighted by atomic mass is 10.4. The van der Waals surface area contributed by atoms with Crippen LogP contribution in [-0.2, 0) is 0 Å². The molecule has 0 saturated carbocycles. The van der Waals surface area contributed by atoms with E-state index in [9.17, 15) is 5.11 Å². The SMILES string of the molecule is Cc1nc(C(O)CBr)oc1C. The highest BCUT2D eigenvalue weighted by atomic mass is 79.9. The van der Waals surface area contributed by atoms with Crippen molar-refractivity contribution in [2.75, 3.05) is 5.33 Å². The van der Waals surface area contributed by atoms with Crippen molar-refractivity contribution in [1.82, 2.24) is 4.98 Å². The van der Waals surface area contributed by atoms with E-state index in [-0.39, 0.29) is 0 Å². The van der Waals surface area contributed by atoms with Crippen LogP contribution < -0.4 is 0 Å². The maximum atomic E-state index is 9.26. The molecule has 0 bridgehead atoms. The first-order valence-electron chi connectivity index (χ1n) is 3.33. The lowest BCUT2D eigenvalue weighted by Crippen LogP contribution is -1.97. The van der Waals surface area contributed by atoms with E-state index in [1.54, 1.807) is 0 Å². The van der Waals surface area contributed by atoms with E-state index in [0.717, 1.165) is 11.5 Å². The Morgan fingerprint density at radius 1 is 1.64 bits per heavy atom. The van der Waals surface area contributed by atoms with Gasteiger partial charge in [-0.05, 0) is 13.8 Å². The number of aryl methyl sites for hydroxylation is 2. The average molecular weight is 220 g/mol. The predicted molar refractivity (Wildman–Crippen MR) is 44.7 cm³/mol. The third-order valence-corrected chi connectivity index (χ3v) is 2.09. The van der Waals surface area contributed by atoms with E-state index < -0.39 is 6.10 Å². The van der Waals surface area contributed by atoms with Crippen molar-refractivity contribution in [3.8, 4) is 0 Å². The van der Waals surface area contributed by atoms with E-state index in [1.165, 1.54) is 0 Å². The third-order valence-electron chi connectivity index (χ3n) is 1.48. The molecule has 1 heterocycles. The van der Waals surface area contributed by atoms with Gasteiger partial charge in [0.2, 0.25) is 5.89 Å². The van der Waals surface area contributed by atoms with Crippen LogP contribution in [0, 0.1) is 13.8 Å². The zero-order valence-electron chi connectivity index (χ0n) is 6.47. The maximum absolute atomic E-state index is 9.26. The van der Waals surface area contributed by atoms with E-state index in [2.05, 4.69) is 20.9 Å². The van der Waals surface area contributed by atoms with E-state index >= 15 is 0 Å². The quantitative estimate of drug-likeness (QED) is 0.772. The summed E-state index contributed by atoms with van der Waals surface area (Å²) < 4.78 is 5.18. The number of nitrogens with zero attached hydrogens (tertiary/aromatic N) is 1. The average Bonchev–Trinajstić information content (AvgIpc) is 2.31. The molecule has 1 atom stereocenters. The van der Waals surface area contributed by atoms with Gasteiger partial charge in [-0.2, -0.15) is 0 Å². The number of rotatable bonds is 2. The van der Waals surface area contributed by atoms with Crippen molar-refractivity contribution in [3.05, 3.63) is 17.3 Å². The number of oxazole rings is 1. The van der Waals surface area contributed by atoms with Crippen LogP contribution in [0.2, 0.25) is 0 Å². The lowest BCUT2D eigenvalue weighted by Gasteiger charge is -1.98. The molecule has 1 N–H and O–H groups in total. The highest BCUT2D eigenvalue weighted by Crippen LogP contribution is 2.17. The second kappa shape index (κ2) is 3.36. The van der Waals surface area contributed by atoms with Crippen LogP contribution >= 0.6 is 15.9 Å². The standard InChI is InChI=1S/C7H10BrNO2/c1-4-5(2)11-7(9-4)6(10)3-8/h6,10H,3H2,1-2H3. The van der Waals surface area contributed by atoms with Gasteiger partial charge in [0, 0.05) is 5.33 Å². The molecule has 1 aromatic heterocycles. The number of alkyl halides is 1. The van der Waals surface area contributed by atoms with Gasteiger partial charge in [-0.15, -0.1) is 0 Å². The molecule has 0 fully saturated rings. The van der Waals surface area contributed by atoms with Gasteiger partial charge in [0.25, 0.3) is 0 Å². The largest absolute Gasteiger partial charge is 0.443 e. The van der Waals surface area contributed by atoms with Crippen LogP contribution in [0.3, 0.4) is 0 Å². The zero-order chi connectivity index (χ0) is 8.43. The Hall–Kier alpha value is -0.350. The van der Waals surface area contributed by atoms with Crippen LogP contribution in [0.4, 0.5) is 0 Å². The normalized spacial score (nSPS) is 13.5. The number of halogens is 1. The maximum Gasteiger partial charge on any atom is 0.224 e. The van der Waals surface area contributed by atoms with Crippen molar-refractivity contribution in [1.29, 1.82) is 0 Å². The first-order chi connectivity index (χ1) is 5.15. The Balaban J connectivity index is 2.88. The Labute approximate surface area is 73.6 Å². The van der Waals surface area contributed by atoms with Crippen molar-refractivity contribution in [3.63, 3.8) is 0 Å². The van der Waals surface area contributed by atoms with Gasteiger partial charge in [0.1, 0.15) is 11.9 Å². The molecule has 0 aromatic carbocycles. The number of aliphatic hydroxyl groups excluding tert-OH is 1. The van der Waals surface area contributed by atoms with Crippen LogP contribution in [0.15, 0.2) is 4.42 Å². The minimum Gasteiger partial charge on any atom is -0.443 e. The molecule has 3 nitrogen and oxygen atoms in total. The molecule has 0 aliphatic carbocycles. The minimum atomic E-state index is -0.637. The summed E-state index contributed by atoms with van der Waals surface area (Å²) in [5.41, 5.74) is 0.833. The Morgan fingerprint density at radius 2 is 2.27 bits per heavy atom. The van der Waals surface area contributed by atoms with E-state index in [0.29, 0.717) is 11.2 Å². The summed E-state index contributed by atoms with van der Waals surface area (Å²) in [4.78, 5) is 4.03. The molecule has 62 valence electrons. The first-order valence-corrected chi connectivity index (χ1v) is 4.45. The highest BCUT2D eigenvalue weighted by molar-refractivity contribution is 9.09. The van der Waals surface area contributed by atoms with E-state index in [1.807, 2.05) is 13.8 Å². The second-order valence-corrected chi connectivity index (χ2v) is 3.01. The summed E-state index contributed by atoms with van der Waals surface area (Å²) in [6, 6.07) is 0. The van der Waals surface area contributed by atoms with Gasteiger partial charge < -0.3 is 9.52 Å². The fourth-order valence-electron chi connectivity index (χ4n) is 0.706. The summed E-state index contributed by atoms with van der Waals surface area (Å²) >= 11 is 3.14. The van der Waals surface area contributed by atoms with Crippen molar-refractivity contribution < 1.29 is 9.52 Å². The summed E-state index contributed by atoms with van der Waals surface area (Å²) in [7, 11) is 0. The summed E-state index contributed by atoms with van der Waals surface area (Å²) in [5, 5.41) is 9.71. The fraction of sp³-hybridized carbons (Fsp3) is 0.571. The molecule has 1 aromatic rings. The van der Waals surface area contributed by atoms with Crippen LogP contribution in [-0.4, -0.2) is 15.4 Å². The first kappa shape index (κ1) is 8.74. The lowest BCUT2D eigenvalue weighted by molar-refractivity contribution is 0.167. The van der Waals surface area contributed by atoms with Crippen LogP contribution in [0.1, 0.15) is 23.4 Å². The number of hydrogen-bond acceptors (Lipinski definition) is 3.